The fraction of sp³-hybridized carbons (Fsp3) is 0.571. The van der Waals surface area contributed by atoms with Crippen molar-refractivity contribution in [3.63, 3.8) is 0 Å². The predicted octanol–water partition coefficient (Wildman–Crippen LogP) is 1.68. The Morgan fingerprint density at radius 2 is 2.29 bits per heavy atom. The van der Waals surface area contributed by atoms with E-state index in [2.05, 4.69) is 11.2 Å². The van der Waals surface area contributed by atoms with Crippen LogP contribution in [-0.2, 0) is 16.0 Å². The third kappa shape index (κ3) is 7.10. The third-order valence-electron chi connectivity index (χ3n) is 3.08. The van der Waals surface area contributed by atoms with Crippen molar-refractivity contribution in [3.8, 4) is 0 Å². The van der Waals surface area contributed by atoms with Crippen LogP contribution in [-0.4, -0.2) is 48.7 Å². The first-order valence-corrected chi connectivity index (χ1v) is 7.80. The zero-order chi connectivity index (χ0) is 15.5. The molecular formula is C14H23N3O3S. The van der Waals surface area contributed by atoms with E-state index in [9.17, 15) is 4.79 Å². The van der Waals surface area contributed by atoms with Gasteiger partial charge in [0.1, 0.15) is 5.84 Å². The number of oxime groups is 1. The molecule has 1 rings (SSSR count). The molecule has 0 spiro atoms. The molecule has 0 unspecified atom stereocenters. The molecule has 21 heavy (non-hydrogen) atoms. The number of ether oxygens (including phenoxy) is 1. The van der Waals surface area contributed by atoms with Gasteiger partial charge in [-0.3, -0.25) is 4.79 Å². The van der Waals surface area contributed by atoms with Crippen LogP contribution in [0.3, 0.4) is 0 Å². The van der Waals surface area contributed by atoms with Crippen LogP contribution in [0.15, 0.2) is 22.7 Å². The highest BCUT2D eigenvalue weighted by Crippen LogP contribution is 2.12. The van der Waals surface area contributed by atoms with Gasteiger partial charge in [-0.1, -0.05) is 11.2 Å². The largest absolute Gasteiger partial charge is 0.409 e. The van der Waals surface area contributed by atoms with Crippen LogP contribution in [0.25, 0.3) is 0 Å². The van der Waals surface area contributed by atoms with Gasteiger partial charge in [0.25, 0.3) is 0 Å². The second kappa shape index (κ2) is 10.2. The molecule has 1 amide bonds. The fourth-order valence-electron chi connectivity index (χ4n) is 1.89. The molecule has 118 valence electrons. The Morgan fingerprint density at radius 3 is 2.90 bits per heavy atom. The molecule has 1 heterocycles. The smallest absolute Gasteiger partial charge is 0.222 e. The van der Waals surface area contributed by atoms with Crippen LogP contribution < -0.4 is 5.73 Å². The number of rotatable bonds is 10. The molecule has 0 aliphatic rings. The summed E-state index contributed by atoms with van der Waals surface area (Å²) < 4.78 is 5.02. The maximum Gasteiger partial charge on any atom is 0.222 e. The molecule has 6 nitrogen and oxygen atoms in total. The van der Waals surface area contributed by atoms with E-state index >= 15 is 0 Å². The monoisotopic (exact) mass is 313 g/mol. The van der Waals surface area contributed by atoms with Crippen LogP contribution in [0.1, 0.15) is 24.1 Å². The average Bonchev–Trinajstić information content (AvgIpc) is 3.00. The number of amidine groups is 1. The molecule has 1 aromatic rings. The van der Waals surface area contributed by atoms with E-state index < -0.39 is 0 Å². The summed E-state index contributed by atoms with van der Waals surface area (Å²) in [6, 6.07) is 4.10. The molecule has 0 fully saturated rings. The summed E-state index contributed by atoms with van der Waals surface area (Å²) in [5.41, 5.74) is 5.45. The summed E-state index contributed by atoms with van der Waals surface area (Å²) in [5.74, 6) is 0.207. The Hall–Kier alpha value is -1.60. The first-order valence-electron chi connectivity index (χ1n) is 6.93. The lowest BCUT2D eigenvalue weighted by Crippen LogP contribution is -2.36. The lowest BCUT2D eigenvalue weighted by atomic mass is 10.2. The number of carbonyl (C=O) groups is 1. The quantitative estimate of drug-likeness (QED) is 0.298. The second-order valence-corrected chi connectivity index (χ2v) is 5.68. The van der Waals surface area contributed by atoms with Crippen LogP contribution in [0.4, 0.5) is 0 Å². The highest BCUT2D eigenvalue weighted by Gasteiger charge is 2.13. The van der Waals surface area contributed by atoms with Gasteiger partial charge < -0.3 is 20.6 Å². The van der Waals surface area contributed by atoms with E-state index in [1.165, 1.54) is 4.88 Å². The highest BCUT2D eigenvalue weighted by molar-refractivity contribution is 7.09. The Balaban J connectivity index is 2.38. The molecule has 0 saturated heterocycles. The first-order chi connectivity index (χ1) is 10.2. The molecule has 0 aromatic carbocycles. The zero-order valence-corrected chi connectivity index (χ0v) is 13.1. The third-order valence-corrected chi connectivity index (χ3v) is 4.01. The average molecular weight is 313 g/mol. The van der Waals surface area contributed by atoms with Crippen molar-refractivity contribution in [2.75, 3.05) is 26.8 Å². The Morgan fingerprint density at radius 1 is 1.48 bits per heavy atom. The van der Waals surface area contributed by atoms with Gasteiger partial charge in [0.05, 0.1) is 6.61 Å². The topological polar surface area (TPSA) is 88.2 Å². The van der Waals surface area contributed by atoms with Crippen LogP contribution in [0.2, 0.25) is 0 Å². The summed E-state index contributed by atoms with van der Waals surface area (Å²) in [5, 5.41) is 13.5. The number of hydrogen-bond donors (Lipinski definition) is 2. The first kappa shape index (κ1) is 17.5. The van der Waals surface area contributed by atoms with E-state index in [0.717, 1.165) is 12.8 Å². The SMILES string of the molecule is COCCN(CCC(N)=NO)C(=O)CCCc1cccs1. The van der Waals surface area contributed by atoms with Gasteiger partial charge in [-0.05, 0) is 24.3 Å². The van der Waals surface area contributed by atoms with Crippen molar-refractivity contribution in [2.24, 2.45) is 10.9 Å². The minimum atomic E-state index is 0.0781. The van der Waals surface area contributed by atoms with Gasteiger partial charge in [0.2, 0.25) is 5.91 Å². The van der Waals surface area contributed by atoms with Crippen LogP contribution in [0.5, 0.6) is 0 Å². The number of amides is 1. The van der Waals surface area contributed by atoms with Gasteiger partial charge in [0, 0.05) is 37.9 Å². The molecule has 0 atom stereocenters. The van der Waals surface area contributed by atoms with Gasteiger partial charge >= 0.3 is 0 Å². The maximum absolute atomic E-state index is 12.2. The summed E-state index contributed by atoms with van der Waals surface area (Å²) in [6.07, 6.45) is 2.60. The van der Waals surface area contributed by atoms with E-state index in [4.69, 9.17) is 15.7 Å². The molecule has 0 aliphatic carbocycles. The number of methoxy groups -OCH3 is 1. The lowest BCUT2D eigenvalue weighted by Gasteiger charge is -2.22. The Bertz CT molecular complexity index is 435. The molecule has 3 N–H and O–H groups in total. The summed E-state index contributed by atoms with van der Waals surface area (Å²) in [6.45, 7) is 1.44. The summed E-state index contributed by atoms with van der Waals surface area (Å²) >= 11 is 1.71. The highest BCUT2D eigenvalue weighted by atomic mass is 32.1. The van der Waals surface area contributed by atoms with Crippen LogP contribution in [0, 0.1) is 0 Å². The summed E-state index contributed by atoms with van der Waals surface area (Å²) in [7, 11) is 1.60. The van der Waals surface area contributed by atoms with Gasteiger partial charge in [0.15, 0.2) is 0 Å². The minimum absolute atomic E-state index is 0.0781. The van der Waals surface area contributed by atoms with Crippen molar-refractivity contribution in [1.82, 2.24) is 4.90 Å². The number of thiophene rings is 1. The molecule has 0 radical (unpaired) electrons. The number of hydrogen-bond acceptors (Lipinski definition) is 5. The number of carbonyl (C=O) groups excluding carboxylic acids is 1. The number of nitrogens with zero attached hydrogens (tertiary/aromatic N) is 2. The van der Waals surface area contributed by atoms with E-state index in [0.29, 0.717) is 32.5 Å². The van der Waals surface area contributed by atoms with Gasteiger partial charge in [-0.25, -0.2) is 0 Å². The molecule has 7 heteroatoms. The standard InChI is InChI=1S/C14H23N3O3S/c1-20-10-9-17(8-7-13(15)16-19)14(18)6-2-4-12-5-3-11-21-12/h3,5,11,19H,2,4,6-10H2,1H3,(H2,15,16). The fourth-order valence-corrected chi connectivity index (χ4v) is 2.64. The molecule has 0 aliphatic heterocycles. The second-order valence-electron chi connectivity index (χ2n) is 4.65. The Labute approximate surface area is 129 Å². The van der Waals surface area contributed by atoms with Crippen molar-refractivity contribution in [3.05, 3.63) is 22.4 Å². The van der Waals surface area contributed by atoms with Crippen molar-refractivity contribution in [1.29, 1.82) is 0 Å². The van der Waals surface area contributed by atoms with Crippen molar-refractivity contribution < 1.29 is 14.7 Å². The van der Waals surface area contributed by atoms with E-state index in [-0.39, 0.29) is 11.7 Å². The maximum atomic E-state index is 12.2. The van der Waals surface area contributed by atoms with Gasteiger partial charge in [-0.15, -0.1) is 11.3 Å². The molecular weight excluding hydrogens is 290 g/mol. The number of aryl methyl sites for hydroxylation is 1. The molecule has 0 bridgehead atoms. The summed E-state index contributed by atoms with van der Waals surface area (Å²) in [4.78, 5) is 15.2. The molecule has 0 saturated carbocycles. The minimum Gasteiger partial charge on any atom is -0.409 e. The lowest BCUT2D eigenvalue weighted by molar-refractivity contribution is -0.131. The van der Waals surface area contributed by atoms with Crippen molar-refractivity contribution in [2.45, 2.75) is 25.7 Å². The van der Waals surface area contributed by atoms with Crippen LogP contribution >= 0.6 is 11.3 Å². The predicted molar refractivity (Wildman–Crippen MR) is 83.7 cm³/mol. The normalized spacial score (nSPS) is 11.6. The zero-order valence-electron chi connectivity index (χ0n) is 12.3. The van der Waals surface area contributed by atoms with E-state index in [1.54, 1.807) is 23.3 Å². The Kier molecular flexibility index (Phi) is 8.45. The molecule has 1 aromatic heterocycles. The van der Waals surface area contributed by atoms with Crippen molar-refractivity contribution >= 4 is 23.1 Å². The van der Waals surface area contributed by atoms with Gasteiger partial charge in [-0.2, -0.15) is 0 Å². The van der Waals surface area contributed by atoms with E-state index in [1.807, 2.05) is 11.4 Å². The number of nitrogens with two attached hydrogens (primary N) is 1.